The third kappa shape index (κ3) is 3.61. The standard InChI is InChI=1S/C14H21NO5S2/c1-3-8-15-13-9-21(16,17)10-14(13)22(18,19)12-6-4-11(20-2)5-7-12/h4-7,13-15H,3,8-10H2,1-2H3. The molecule has 0 radical (unpaired) electrons. The van der Waals surface area contributed by atoms with Gasteiger partial charge in [-0.1, -0.05) is 6.92 Å². The van der Waals surface area contributed by atoms with Gasteiger partial charge in [-0.3, -0.25) is 0 Å². The molecular formula is C14H21NO5S2. The van der Waals surface area contributed by atoms with Crippen molar-refractivity contribution in [3.05, 3.63) is 24.3 Å². The first-order chi connectivity index (χ1) is 10.3. The summed E-state index contributed by atoms with van der Waals surface area (Å²) < 4.78 is 54.2. The summed E-state index contributed by atoms with van der Waals surface area (Å²) in [5.41, 5.74) is 0. The molecule has 124 valence electrons. The molecule has 1 heterocycles. The van der Waals surface area contributed by atoms with Gasteiger partial charge < -0.3 is 10.1 Å². The maximum atomic E-state index is 12.8. The number of sulfone groups is 2. The fourth-order valence-corrected chi connectivity index (χ4v) is 7.30. The molecule has 0 spiro atoms. The van der Waals surface area contributed by atoms with Crippen molar-refractivity contribution in [1.82, 2.24) is 5.32 Å². The molecule has 1 N–H and O–H groups in total. The van der Waals surface area contributed by atoms with Gasteiger partial charge in [0.05, 0.1) is 28.8 Å². The summed E-state index contributed by atoms with van der Waals surface area (Å²) in [6.07, 6.45) is 0.811. The van der Waals surface area contributed by atoms with Gasteiger partial charge in [0.1, 0.15) is 5.75 Å². The fourth-order valence-electron chi connectivity index (χ4n) is 2.58. The maximum Gasteiger partial charge on any atom is 0.183 e. The third-order valence-electron chi connectivity index (χ3n) is 3.74. The second kappa shape index (κ2) is 6.55. The Morgan fingerprint density at radius 1 is 1.23 bits per heavy atom. The Balaban J connectivity index is 2.32. The van der Waals surface area contributed by atoms with E-state index in [1.165, 1.54) is 19.2 Å². The third-order valence-corrected chi connectivity index (χ3v) is 7.91. The summed E-state index contributed by atoms with van der Waals surface area (Å²) in [5.74, 6) is 0.0918. The minimum absolute atomic E-state index is 0.124. The average Bonchev–Trinajstić information content (AvgIpc) is 2.81. The smallest absolute Gasteiger partial charge is 0.183 e. The lowest BCUT2D eigenvalue weighted by atomic mass is 10.2. The number of hydrogen-bond acceptors (Lipinski definition) is 6. The van der Waals surface area contributed by atoms with Gasteiger partial charge >= 0.3 is 0 Å². The van der Waals surface area contributed by atoms with E-state index in [9.17, 15) is 16.8 Å². The number of ether oxygens (including phenoxy) is 1. The summed E-state index contributed by atoms with van der Waals surface area (Å²) in [6.45, 7) is 2.54. The Labute approximate surface area is 131 Å². The molecular weight excluding hydrogens is 326 g/mol. The van der Waals surface area contributed by atoms with Crippen LogP contribution in [0.25, 0.3) is 0 Å². The number of hydrogen-bond donors (Lipinski definition) is 1. The summed E-state index contributed by atoms with van der Waals surface area (Å²) in [6, 6.07) is 5.47. The van der Waals surface area contributed by atoms with Crippen LogP contribution in [-0.4, -0.2) is 53.3 Å². The van der Waals surface area contributed by atoms with E-state index in [2.05, 4.69) is 5.32 Å². The largest absolute Gasteiger partial charge is 0.497 e. The molecule has 2 atom stereocenters. The van der Waals surface area contributed by atoms with Gasteiger partial charge in [0, 0.05) is 6.04 Å². The summed E-state index contributed by atoms with van der Waals surface area (Å²) in [4.78, 5) is 0.124. The molecule has 1 aromatic rings. The zero-order chi connectivity index (χ0) is 16.4. The van der Waals surface area contributed by atoms with Crippen molar-refractivity contribution in [2.45, 2.75) is 29.5 Å². The molecule has 0 aliphatic carbocycles. The van der Waals surface area contributed by atoms with Crippen molar-refractivity contribution in [2.24, 2.45) is 0 Å². The quantitative estimate of drug-likeness (QED) is 0.812. The molecule has 22 heavy (non-hydrogen) atoms. The van der Waals surface area contributed by atoms with E-state index in [1.54, 1.807) is 12.1 Å². The van der Waals surface area contributed by atoms with Gasteiger partial charge in [0.25, 0.3) is 0 Å². The van der Waals surface area contributed by atoms with E-state index in [0.29, 0.717) is 12.3 Å². The lowest BCUT2D eigenvalue weighted by Crippen LogP contribution is -2.43. The highest BCUT2D eigenvalue weighted by atomic mass is 32.2. The van der Waals surface area contributed by atoms with Crippen molar-refractivity contribution < 1.29 is 21.6 Å². The summed E-state index contributed by atoms with van der Waals surface area (Å²) >= 11 is 0. The normalized spacial score (nSPS) is 24.3. The van der Waals surface area contributed by atoms with Gasteiger partial charge in [-0.05, 0) is 37.2 Å². The highest BCUT2D eigenvalue weighted by Gasteiger charge is 2.45. The van der Waals surface area contributed by atoms with Crippen LogP contribution < -0.4 is 10.1 Å². The maximum absolute atomic E-state index is 12.8. The minimum atomic E-state index is -3.71. The molecule has 0 saturated carbocycles. The predicted molar refractivity (Wildman–Crippen MR) is 84.7 cm³/mol. The van der Waals surface area contributed by atoms with Crippen molar-refractivity contribution in [1.29, 1.82) is 0 Å². The van der Waals surface area contributed by atoms with E-state index in [4.69, 9.17) is 4.74 Å². The first-order valence-corrected chi connectivity index (χ1v) is 10.5. The first-order valence-electron chi connectivity index (χ1n) is 7.12. The monoisotopic (exact) mass is 347 g/mol. The summed E-state index contributed by atoms with van der Waals surface area (Å²) in [7, 11) is -5.56. The Bertz CT molecular complexity index is 710. The van der Waals surface area contributed by atoms with E-state index >= 15 is 0 Å². The lowest BCUT2D eigenvalue weighted by Gasteiger charge is -2.19. The van der Waals surface area contributed by atoms with E-state index in [-0.39, 0.29) is 16.4 Å². The molecule has 0 amide bonds. The topological polar surface area (TPSA) is 89.5 Å². The Kier molecular flexibility index (Phi) is 5.14. The van der Waals surface area contributed by atoms with E-state index in [1.807, 2.05) is 6.92 Å². The molecule has 6 nitrogen and oxygen atoms in total. The van der Waals surface area contributed by atoms with Crippen molar-refractivity contribution in [2.75, 3.05) is 25.2 Å². The van der Waals surface area contributed by atoms with Gasteiger partial charge in [-0.15, -0.1) is 0 Å². The van der Waals surface area contributed by atoms with Gasteiger partial charge in [0.2, 0.25) is 0 Å². The van der Waals surface area contributed by atoms with Gasteiger partial charge in [-0.25, -0.2) is 16.8 Å². The summed E-state index contributed by atoms with van der Waals surface area (Å²) in [5, 5.41) is 2.11. The van der Waals surface area contributed by atoms with Crippen LogP contribution >= 0.6 is 0 Å². The average molecular weight is 347 g/mol. The number of nitrogens with one attached hydrogen (secondary N) is 1. The van der Waals surface area contributed by atoms with E-state index < -0.39 is 31.0 Å². The Morgan fingerprint density at radius 3 is 2.41 bits per heavy atom. The number of methoxy groups -OCH3 is 1. The van der Waals surface area contributed by atoms with Crippen LogP contribution in [-0.2, 0) is 19.7 Å². The predicted octanol–water partition coefficient (Wildman–Crippen LogP) is 0.634. The van der Waals surface area contributed by atoms with Crippen LogP contribution in [0, 0.1) is 0 Å². The number of rotatable bonds is 6. The van der Waals surface area contributed by atoms with Crippen LogP contribution in [0.5, 0.6) is 5.75 Å². The molecule has 1 fully saturated rings. The highest BCUT2D eigenvalue weighted by molar-refractivity contribution is 7.96. The first kappa shape index (κ1) is 17.2. The Morgan fingerprint density at radius 2 is 1.86 bits per heavy atom. The van der Waals surface area contributed by atoms with Crippen LogP contribution in [0.3, 0.4) is 0 Å². The van der Waals surface area contributed by atoms with Crippen LogP contribution in [0.2, 0.25) is 0 Å². The van der Waals surface area contributed by atoms with Crippen LogP contribution in [0.4, 0.5) is 0 Å². The molecule has 0 aromatic heterocycles. The Hall–Kier alpha value is -1.12. The molecule has 8 heteroatoms. The molecule has 1 aromatic carbocycles. The van der Waals surface area contributed by atoms with Crippen LogP contribution in [0.15, 0.2) is 29.2 Å². The SMILES string of the molecule is CCCNC1CS(=O)(=O)CC1S(=O)(=O)c1ccc(OC)cc1. The molecule has 2 rings (SSSR count). The second-order valence-electron chi connectivity index (χ2n) is 5.40. The zero-order valence-corrected chi connectivity index (χ0v) is 14.3. The molecule has 1 aliphatic heterocycles. The molecule has 1 saturated heterocycles. The van der Waals surface area contributed by atoms with Crippen LogP contribution in [0.1, 0.15) is 13.3 Å². The molecule has 2 unspecified atom stereocenters. The lowest BCUT2D eigenvalue weighted by molar-refractivity contribution is 0.414. The second-order valence-corrected chi connectivity index (χ2v) is 9.72. The van der Waals surface area contributed by atoms with Gasteiger partial charge in [0.15, 0.2) is 19.7 Å². The molecule has 0 bridgehead atoms. The van der Waals surface area contributed by atoms with Crippen molar-refractivity contribution >= 4 is 19.7 Å². The van der Waals surface area contributed by atoms with Crippen molar-refractivity contribution in [3.8, 4) is 5.75 Å². The number of benzene rings is 1. The molecule has 1 aliphatic rings. The highest BCUT2D eigenvalue weighted by Crippen LogP contribution is 2.27. The van der Waals surface area contributed by atoms with Crippen molar-refractivity contribution in [3.63, 3.8) is 0 Å². The van der Waals surface area contributed by atoms with Gasteiger partial charge in [-0.2, -0.15) is 0 Å². The zero-order valence-electron chi connectivity index (χ0n) is 12.7. The minimum Gasteiger partial charge on any atom is -0.497 e. The van der Waals surface area contributed by atoms with E-state index in [0.717, 1.165) is 6.42 Å². The fraction of sp³-hybridized carbons (Fsp3) is 0.571.